The maximum atomic E-state index is 6.34. The van der Waals surface area contributed by atoms with Gasteiger partial charge in [-0.3, -0.25) is 4.90 Å². The number of hydrogen-bond acceptors (Lipinski definition) is 4. The molecular weight excluding hydrogens is 254 g/mol. The Balaban J connectivity index is 1.62. The van der Waals surface area contributed by atoms with Crippen molar-refractivity contribution in [2.24, 2.45) is 0 Å². The maximum Gasteiger partial charge on any atom is 0.231 e. The zero-order chi connectivity index (χ0) is 12.9. The van der Waals surface area contributed by atoms with Crippen LogP contribution < -0.4 is 9.47 Å². The summed E-state index contributed by atoms with van der Waals surface area (Å²) in [5.74, 6) is 1.85. The first-order valence-corrected chi connectivity index (χ1v) is 7.67. The average molecular weight is 271 g/mol. The van der Waals surface area contributed by atoms with Gasteiger partial charge in [-0.15, -0.1) is 0 Å². The third kappa shape index (κ3) is 0.990. The second-order valence-electron chi connectivity index (χ2n) is 6.87. The number of ether oxygens (including phenoxy) is 3. The van der Waals surface area contributed by atoms with E-state index in [9.17, 15) is 0 Å². The van der Waals surface area contributed by atoms with Gasteiger partial charge in [0.25, 0.3) is 0 Å². The van der Waals surface area contributed by atoms with Gasteiger partial charge >= 0.3 is 0 Å². The summed E-state index contributed by atoms with van der Waals surface area (Å²) >= 11 is 0. The van der Waals surface area contributed by atoms with Crippen molar-refractivity contribution >= 4 is 0 Å². The minimum absolute atomic E-state index is 0.226. The van der Waals surface area contributed by atoms with Gasteiger partial charge in [0.2, 0.25) is 6.79 Å². The fourth-order valence-corrected chi connectivity index (χ4v) is 5.45. The van der Waals surface area contributed by atoms with Gasteiger partial charge in [0, 0.05) is 24.5 Å². The van der Waals surface area contributed by atoms with Crippen LogP contribution in [-0.2, 0) is 16.7 Å². The van der Waals surface area contributed by atoms with E-state index in [4.69, 9.17) is 14.2 Å². The quantitative estimate of drug-likeness (QED) is 0.720. The van der Waals surface area contributed by atoms with Crippen LogP contribution in [0.1, 0.15) is 30.4 Å². The fourth-order valence-electron chi connectivity index (χ4n) is 5.45. The molecule has 6 aliphatic rings. The zero-order valence-corrected chi connectivity index (χ0v) is 11.3. The van der Waals surface area contributed by atoms with Gasteiger partial charge in [0.15, 0.2) is 11.5 Å². The predicted octanol–water partition coefficient (Wildman–Crippen LogP) is 1.80. The minimum atomic E-state index is 0.226. The molecule has 1 spiro atoms. The molecule has 20 heavy (non-hydrogen) atoms. The second-order valence-corrected chi connectivity index (χ2v) is 6.87. The summed E-state index contributed by atoms with van der Waals surface area (Å²) in [5, 5.41) is 0. The molecule has 0 amide bonds. The molecule has 4 nitrogen and oxygen atoms in total. The van der Waals surface area contributed by atoms with E-state index in [0.29, 0.717) is 25.0 Å². The second kappa shape index (κ2) is 3.15. The van der Waals surface area contributed by atoms with Crippen LogP contribution in [0, 0.1) is 0 Å². The number of benzene rings is 1. The number of fused-ring (bicyclic) bond motifs is 3. The van der Waals surface area contributed by atoms with Crippen molar-refractivity contribution in [1.29, 1.82) is 0 Å². The monoisotopic (exact) mass is 271 g/mol. The summed E-state index contributed by atoms with van der Waals surface area (Å²) in [6.45, 7) is 2.51. The molecule has 104 valence electrons. The Morgan fingerprint density at radius 2 is 2.10 bits per heavy atom. The number of rotatable bonds is 0. The Morgan fingerprint density at radius 1 is 1.20 bits per heavy atom. The van der Waals surface area contributed by atoms with Gasteiger partial charge < -0.3 is 14.2 Å². The molecule has 1 aliphatic carbocycles. The van der Waals surface area contributed by atoms with E-state index in [1.54, 1.807) is 0 Å². The van der Waals surface area contributed by atoms with Gasteiger partial charge in [-0.05, 0) is 42.5 Å². The Kier molecular flexibility index (Phi) is 1.65. The van der Waals surface area contributed by atoms with Crippen molar-refractivity contribution in [1.82, 2.24) is 4.90 Å². The molecule has 5 unspecified atom stereocenters. The standard InChI is InChI=1S/C16H17NO3/c1-2-16-11-5-13-12(18-8-19-13)3-9(11)6-17-7-15(16)20-10(1)4-14(16)17/h3,5,10,14-15H,1-2,4,6-8H2. The molecule has 1 aromatic carbocycles. The molecule has 0 radical (unpaired) electrons. The summed E-state index contributed by atoms with van der Waals surface area (Å²) in [6.07, 6.45) is 4.60. The van der Waals surface area contributed by atoms with Crippen LogP contribution in [0.15, 0.2) is 12.1 Å². The maximum absolute atomic E-state index is 6.34. The highest BCUT2D eigenvalue weighted by Crippen LogP contribution is 2.59. The van der Waals surface area contributed by atoms with Crippen LogP contribution >= 0.6 is 0 Å². The molecule has 5 bridgehead atoms. The molecule has 4 fully saturated rings. The molecule has 5 atom stereocenters. The van der Waals surface area contributed by atoms with E-state index in [-0.39, 0.29) is 5.41 Å². The molecule has 5 aliphatic heterocycles. The Morgan fingerprint density at radius 3 is 3.05 bits per heavy atom. The van der Waals surface area contributed by atoms with Gasteiger partial charge in [-0.2, -0.15) is 0 Å². The molecule has 7 rings (SSSR count). The summed E-state index contributed by atoms with van der Waals surface area (Å²) in [6, 6.07) is 5.15. The molecule has 0 aromatic heterocycles. The van der Waals surface area contributed by atoms with E-state index in [2.05, 4.69) is 17.0 Å². The van der Waals surface area contributed by atoms with Crippen molar-refractivity contribution in [3.8, 4) is 11.5 Å². The largest absolute Gasteiger partial charge is 0.454 e. The topological polar surface area (TPSA) is 30.9 Å². The molecule has 0 N–H and O–H groups in total. The SMILES string of the molecule is c1c2c(cc3c1OCO3)C13CCC4CC1N(C2)CC3O4. The number of nitrogens with zero attached hydrogens (tertiary/aromatic N) is 1. The van der Waals surface area contributed by atoms with Gasteiger partial charge in [0.1, 0.15) is 0 Å². The summed E-state index contributed by atoms with van der Waals surface area (Å²) in [4.78, 5) is 2.65. The lowest BCUT2D eigenvalue weighted by molar-refractivity contribution is -0.125. The van der Waals surface area contributed by atoms with Crippen LogP contribution in [0.25, 0.3) is 0 Å². The summed E-state index contributed by atoms with van der Waals surface area (Å²) in [5.41, 5.74) is 3.14. The van der Waals surface area contributed by atoms with E-state index in [1.165, 1.54) is 30.4 Å². The smallest absolute Gasteiger partial charge is 0.231 e. The first kappa shape index (κ1) is 10.5. The highest BCUT2D eigenvalue weighted by atomic mass is 16.7. The van der Waals surface area contributed by atoms with Crippen molar-refractivity contribution in [3.05, 3.63) is 23.3 Å². The molecular formula is C16H17NO3. The van der Waals surface area contributed by atoms with Gasteiger partial charge in [-0.1, -0.05) is 0 Å². The lowest BCUT2D eigenvalue weighted by Crippen LogP contribution is -2.59. The van der Waals surface area contributed by atoms with E-state index >= 15 is 0 Å². The Bertz CT molecular complexity index is 630. The van der Waals surface area contributed by atoms with E-state index in [0.717, 1.165) is 24.6 Å². The third-order valence-electron chi connectivity index (χ3n) is 6.21. The zero-order valence-electron chi connectivity index (χ0n) is 11.3. The molecule has 3 saturated heterocycles. The molecule has 4 heteroatoms. The lowest BCUT2D eigenvalue weighted by atomic mass is 9.60. The predicted molar refractivity (Wildman–Crippen MR) is 71.0 cm³/mol. The minimum Gasteiger partial charge on any atom is -0.454 e. The molecule has 1 aromatic rings. The Labute approximate surface area is 117 Å². The molecule has 1 saturated carbocycles. The van der Waals surface area contributed by atoms with Crippen LogP contribution in [0.3, 0.4) is 0 Å². The van der Waals surface area contributed by atoms with Crippen LogP contribution in [0.4, 0.5) is 0 Å². The third-order valence-corrected chi connectivity index (χ3v) is 6.21. The van der Waals surface area contributed by atoms with Gasteiger partial charge in [0.05, 0.1) is 12.2 Å². The van der Waals surface area contributed by atoms with Gasteiger partial charge in [-0.25, -0.2) is 0 Å². The summed E-state index contributed by atoms with van der Waals surface area (Å²) in [7, 11) is 0. The van der Waals surface area contributed by atoms with Crippen LogP contribution in [-0.4, -0.2) is 36.5 Å². The van der Waals surface area contributed by atoms with Crippen LogP contribution in [0.2, 0.25) is 0 Å². The van der Waals surface area contributed by atoms with Crippen LogP contribution in [0.5, 0.6) is 11.5 Å². The highest BCUT2D eigenvalue weighted by molar-refractivity contribution is 5.55. The lowest BCUT2D eigenvalue weighted by Gasteiger charge is -2.54. The first-order chi connectivity index (χ1) is 9.84. The first-order valence-electron chi connectivity index (χ1n) is 7.67. The van der Waals surface area contributed by atoms with Crippen molar-refractivity contribution in [2.75, 3.05) is 13.3 Å². The number of hydrogen-bond donors (Lipinski definition) is 0. The summed E-state index contributed by atoms with van der Waals surface area (Å²) < 4.78 is 17.5. The normalized spacial score (nSPS) is 45.6. The van der Waals surface area contributed by atoms with E-state index < -0.39 is 0 Å². The molecule has 5 heterocycles. The average Bonchev–Trinajstić information content (AvgIpc) is 2.95. The van der Waals surface area contributed by atoms with E-state index in [1.807, 2.05) is 0 Å². The van der Waals surface area contributed by atoms with Crippen molar-refractivity contribution in [3.63, 3.8) is 0 Å². The fraction of sp³-hybridized carbons (Fsp3) is 0.625. The van der Waals surface area contributed by atoms with Crippen molar-refractivity contribution < 1.29 is 14.2 Å². The Hall–Kier alpha value is -1.26. The van der Waals surface area contributed by atoms with Crippen molar-refractivity contribution in [2.45, 2.75) is 49.5 Å². The highest BCUT2D eigenvalue weighted by Gasteiger charge is 2.64.